The van der Waals surface area contributed by atoms with Crippen LogP contribution >= 0.6 is 0 Å². The lowest BCUT2D eigenvalue weighted by Gasteiger charge is -2.49. The van der Waals surface area contributed by atoms with Crippen LogP contribution in [0.3, 0.4) is 0 Å². The summed E-state index contributed by atoms with van der Waals surface area (Å²) < 4.78 is 15.7. The zero-order valence-corrected chi connectivity index (χ0v) is 18.6. The van der Waals surface area contributed by atoms with Gasteiger partial charge in [0.2, 0.25) is 0 Å². The molecule has 0 radical (unpaired) electrons. The van der Waals surface area contributed by atoms with E-state index in [1.54, 1.807) is 0 Å². The number of rotatable bonds is 7. The van der Waals surface area contributed by atoms with Crippen molar-refractivity contribution in [3.05, 3.63) is 48.0 Å². The molecule has 2 aliphatic carbocycles. The second kappa shape index (κ2) is 9.31. The molecule has 1 aromatic carbocycles. The molecular formula is C24H35NO5. The molecule has 30 heavy (non-hydrogen) atoms. The molecule has 166 valence electrons. The molecule has 2 fully saturated rings. The van der Waals surface area contributed by atoms with Crippen LogP contribution in [-0.4, -0.2) is 54.3 Å². The lowest BCUT2D eigenvalue weighted by Crippen LogP contribution is -2.47. The van der Waals surface area contributed by atoms with Gasteiger partial charge in [0.15, 0.2) is 0 Å². The van der Waals surface area contributed by atoms with Gasteiger partial charge < -0.3 is 19.8 Å². The van der Waals surface area contributed by atoms with E-state index in [-0.39, 0.29) is 17.2 Å². The lowest BCUT2D eigenvalue weighted by molar-refractivity contribution is -0.148. The van der Waals surface area contributed by atoms with E-state index >= 15 is 0 Å². The lowest BCUT2D eigenvalue weighted by atomic mass is 9.62. The van der Waals surface area contributed by atoms with Gasteiger partial charge in [0.25, 0.3) is 0 Å². The van der Waals surface area contributed by atoms with Gasteiger partial charge in [-0.15, -0.1) is 0 Å². The summed E-state index contributed by atoms with van der Waals surface area (Å²) in [4.78, 5) is 21.3. The van der Waals surface area contributed by atoms with Gasteiger partial charge in [0.1, 0.15) is 0 Å². The molecule has 2 aliphatic rings. The molecule has 0 unspecified atom stereocenters. The fourth-order valence-corrected chi connectivity index (χ4v) is 4.88. The van der Waals surface area contributed by atoms with E-state index in [9.17, 15) is 9.59 Å². The summed E-state index contributed by atoms with van der Waals surface area (Å²) in [5, 5.41) is 15.6. The number of nitrogens with zero attached hydrogens (tertiary/aromatic N) is 1. The number of ether oxygens (including phenoxy) is 1. The number of likely N-dealkylation sites (N-methyl/N-ethyl adjacent to an activating group) is 1. The van der Waals surface area contributed by atoms with E-state index < -0.39 is 17.5 Å². The Morgan fingerprint density at radius 2 is 1.73 bits per heavy atom. The molecule has 6 heteroatoms. The van der Waals surface area contributed by atoms with Crippen molar-refractivity contribution >= 4 is 11.9 Å². The highest BCUT2D eigenvalue weighted by molar-refractivity contribution is 5.89. The quantitative estimate of drug-likeness (QED) is 0.649. The van der Waals surface area contributed by atoms with Crippen LogP contribution in [0.4, 0.5) is 0 Å². The first kappa shape index (κ1) is 22.5. The third-order valence-corrected chi connectivity index (χ3v) is 7.00. The van der Waals surface area contributed by atoms with Crippen LogP contribution in [-0.2, 0) is 19.9 Å². The Labute approximate surface area is 180 Å². The zero-order valence-electron chi connectivity index (χ0n) is 19.6. The van der Waals surface area contributed by atoms with Gasteiger partial charge in [-0.25, -0.2) is 9.59 Å². The third-order valence-electron chi connectivity index (χ3n) is 7.00. The van der Waals surface area contributed by atoms with Gasteiger partial charge in [0, 0.05) is 25.5 Å². The van der Waals surface area contributed by atoms with E-state index in [1.165, 1.54) is 5.56 Å². The number of aliphatic carboxylic acids is 2. The fourth-order valence-electron chi connectivity index (χ4n) is 4.88. The minimum atomic E-state index is -1.26. The van der Waals surface area contributed by atoms with Crippen LogP contribution in [0, 0.1) is 16.7 Å². The van der Waals surface area contributed by atoms with Crippen molar-refractivity contribution in [3.8, 4) is 0 Å². The Bertz CT molecular complexity index is 793. The Balaban J connectivity index is 0.000000366. The standard InChI is InChI=1S/C20H31NO.C4H4O4/c1-18(2)17-11-12-19(18,3)20(15-17,22-14-13-21(4)5)16-9-7-6-8-10-16;5-3(6)1-2-4(7)8/h6-10,17H,11-15H2,1-5H3;1-2H,(H,5,6)(H,7,8)/b;2-1+/t17-,19-,20+;/m1./s1/i15T;/t15-,17+,19+,20-;/m0.. The van der Waals surface area contributed by atoms with Crippen molar-refractivity contribution in [1.82, 2.24) is 4.90 Å². The number of carboxylic acid groups (broad SMARTS) is 2. The Morgan fingerprint density at radius 1 is 1.17 bits per heavy atom. The van der Waals surface area contributed by atoms with Crippen LogP contribution in [0.25, 0.3) is 0 Å². The largest absolute Gasteiger partial charge is 0.478 e. The number of hydrogen-bond acceptors (Lipinski definition) is 4. The minimum absolute atomic E-state index is 0.00471. The highest BCUT2D eigenvalue weighted by Crippen LogP contribution is 2.73. The number of hydrogen-bond donors (Lipinski definition) is 2. The average Bonchev–Trinajstić information content (AvgIpc) is 3.00. The Kier molecular flexibility index (Phi) is 6.98. The van der Waals surface area contributed by atoms with Crippen molar-refractivity contribution in [2.24, 2.45) is 16.7 Å². The van der Waals surface area contributed by atoms with E-state index in [0.29, 0.717) is 24.7 Å². The molecule has 2 N–H and O–H groups in total. The van der Waals surface area contributed by atoms with Crippen LogP contribution in [0.1, 0.15) is 46.9 Å². The summed E-state index contributed by atoms with van der Waals surface area (Å²) >= 11 is 0. The van der Waals surface area contributed by atoms with Gasteiger partial charge in [-0.1, -0.05) is 51.1 Å². The molecule has 0 amide bonds. The SMILES string of the molecule is O=C(O)/C=C/C(=O)O.[3H][C@H]1[C@H]2CC[C@](C)(C2(C)C)[C@@]1(OCCN(C)C)c1ccccc1. The first-order valence-electron chi connectivity index (χ1n) is 10.9. The number of fused-ring (bicyclic) bond motifs is 2. The monoisotopic (exact) mass is 419 g/mol. The summed E-state index contributed by atoms with van der Waals surface area (Å²) in [6.45, 7) is 8.64. The normalized spacial score (nSPS) is 32.0. The molecule has 4 atom stereocenters. The summed E-state index contributed by atoms with van der Waals surface area (Å²) in [6, 6.07) is 10.6. The number of carboxylic acids is 2. The maximum atomic E-state index is 9.55. The smallest absolute Gasteiger partial charge is 0.328 e. The molecule has 0 saturated heterocycles. The maximum absolute atomic E-state index is 9.55. The molecule has 0 aromatic heterocycles. The fraction of sp³-hybridized carbons (Fsp3) is 0.583. The van der Waals surface area contributed by atoms with E-state index in [1.807, 2.05) is 0 Å². The summed E-state index contributed by atoms with van der Waals surface area (Å²) in [7, 11) is 4.15. The summed E-state index contributed by atoms with van der Waals surface area (Å²) in [5.41, 5.74) is 0.839. The topological polar surface area (TPSA) is 87.1 Å². The van der Waals surface area contributed by atoms with Crippen molar-refractivity contribution in [2.75, 3.05) is 27.2 Å². The predicted molar refractivity (Wildman–Crippen MR) is 116 cm³/mol. The van der Waals surface area contributed by atoms with Gasteiger partial charge in [-0.05, 0) is 50.2 Å². The third kappa shape index (κ3) is 4.60. The van der Waals surface area contributed by atoms with E-state index in [2.05, 4.69) is 70.1 Å². The molecule has 0 aliphatic heterocycles. The van der Waals surface area contributed by atoms with Crippen molar-refractivity contribution in [1.29, 1.82) is 0 Å². The number of carbonyl (C=O) groups is 2. The molecule has 6 nitrogen and oxygen atoms in total. The first-order chi connectivity index (χ1) is 14.4. The molecule has 2 saturated carbocycles. The highest BCUT2D eigenvalue weighted by Gasteiger charge is 2.69. The molecule has 0 heterocycles. The van der Waals surface area contributed by atoms with Crippen LogP contribution in [0.5, 0.6) is 0 Å². The van der Waals surface area contributed by atoms with Gasteiger partial charge in [-0.3, -0.25) is 0 Å². The van der Waals surface area contributed by atoms with Crippen molar-refractivity contribution in [3.63, 3.8) is 0 Å². The predicted octanol–water partition coefficient (Wildman–Crippen LogP) is 4.02. The summed E-state index contributed by atoms with van der Waals surface area (Å²) in [6.07, 6.45) is 3.23. The molecule has 1 aromatic rings. The number of benzene rings is 1. The average molecular weight is 420 g/mol. The zero-order chi connectivity index (χ0) is 23.4. The molecule has 2 bridgehead atoms. The van der Waals surface area contributed by atoms with Gasteiger partial charge >= 0.3 is 11.9 Å². The van der Waals surface area contributed by atoms with Crippen molar-refractivity contribution < 1.29 is 25.9 Å². The highest BCUT2D eigenvalue weighted by atomic mass is 16.5. The van der Waals surface area contributed by atoms with E-state index in [0.717, 1.165) is 19.4 Å². The molecular weight excluding hydrogens is 382 g/mol. The second-order valence-corrected chi connectivity index (χ2v) is 9.13. The molecule has 0 spiro atoms. The first-order valence-corrected chi connectivity index (χ1v) is 10.3. The molecule has 3 rings (SSSR count). The second-order valence-electron chi connectivity index (χ2n) is 9.13. The van der Waals surface area contributed by atoms with Crippen molar-refractivity contribution in [2.45, 2.75) is 45.6 Å². The summed E-state index contributed by atoms with van der Waals surface area (Å²) in [5.74, 6) is -2.10. The Morgan fingerprint density at radius 3 is 2.17 bits per heavy atom. The Hall–Kier alpha value is -2.18. The van der Waals surface area contributed by atoms with Gasteiger partial charge in [0.05, 0.1) is 12.2 Å². The maximum Gasteiger partial charge on any atom is 0.328 e. The van der Waals surface area contributed by atoms with Gasteiger partial charge in [-0.2, -0.15) is 0 Å². The minimum Gasteiger partial charge on any atom is -0.478 e. The van der Waals surface area contributed by atoms with Crippen LogP contribution < -0.4 is 0 Å². The van der Waals surface area contributed by atoms with Crippen LogP contribution in [0.2, 0.25) is 0 Å². The van der Waals surface area contributed by atoms with Crippen LogP contribution in [0.15, 0.2) is 42.5 Å². The van der Waals surface area contributed by atoms with E-state index in [4.69, 9.17) is 16.3 Å².